The molecule has 0 fully saturated rings. The number of amides is 1. The number of benzene rings is 3. The first-order valence-corrected chi connectivity index (χ1v) is 11.9. The average molecular weight is 481 g/mol. The highest BCUT2D eigenvalue weighted by atomic mass is 32.2. The van der Waals surface area contributed by atoms with Crippen LogP contribution in [0.5, 0.6) is 0 Å². The number of anilines is 1. The number of aryl methyl sites for hydroxylation is 1. The Morgan fingerprint density at radius 2 is 1.50 bits per heavy atom. The van der Waals surface area contributed by atoms with Crippen LogP contribution in [0.2, 0.25) is 0 Å². The summed E-state index contributed by atoms with van der Waals surface area (Å²) < 4.78 is 31.7. The quantitative estimate of drug-likeness (QED) is 0.340. The van der Waals surface area contributed by atoms with Gasteiger partial charge in [-0.25, -0.2) is 13.1 Å². The van der Waals surface area contributed by atoms with Crippen molar-refractivity contribution in [1.82, 2.24) is 4.72 Å². The van der Waals surface area contributed by atoms with Gasteiger partial charge in [-0.2, -0.15) is 0 Å². The molecule has 8 nitrogen and oxygen atoms in total. The van der Waals surface area contributed by atoms with E-state index >= 15 is 0 Å². The summed E-state index contributed by atoms with van der Waals surface area (Å²) in [4.78, 5) is 37.0. The number of carbonyl (C=O) groups is 3. The molecule has 0 spiro atoms. The van der Waals surface area contributed by atoms with Gasteiger partial charge in [0, 0.05) is 17.7 Å². The number of hydrogen-bond donors (Lipinski definition) is 2. The Labute approximate surface area is 198 Å². The fourth-order valence-electron chi connectivity index (χ4n) is 3.03. The molecule has 3 rings (SSSR count). The first-order valence-electron chi connectivity index (χ1n) is 10.5. The first kappa shape index (κ1) is 24.8. The molecular weight excluding hydrogens is 456 g/mol. The Kier molecular flexibility index (Phi) is 8.29. The van der Waals surface area contributed by atoms with E-state index in [1.54, 1.807) is 66.7 Å². The molecule has 0 aliphatic carbocycles. The molecular formula is C25H24N2O6S. The second-order valence-electron chi connectivity index (χ2n) is 7.41. The van der Waals surface area contributed by atoms with Crippen LogP contribution in [-0.4, -0.2) is 39.2 Å². The van der Waals surface area contributed by atoms with Crippen LogP contribution in [0.1, 0.15) is 27.9 Å². The van der Waals surface area contributed by atoms with Crippen molar-refractivity contribution >= 4 is 33.4 Å². The zero-order valence-electron chi connectivity index (χ0n) is 18.5. The Bertz CT molecular complexity index is 1270. The summed E-state index contributed by atoms with van der Waals surface area (Å²) in [5, 5.41) is 2.57. The third kappa shape index (κ3) is 6.84. The lowest BCUT2D eigenvalue weighted by Gasteiger charge is -2.11. The summed E-state index contributed by atoms with van der Waals surface area (Å²) in [5.41, 5.74) is 2.00. The number of esters is 1. The molecule has 2 N–H and O–H groups in total. The van der Waals surface area contributed by atoms with Crippen LogP contribution in [0.3, 0.4) is 0 Å². The SMILES string of the molecule is Cc1ccc(S(=O)(=O)NCCC(=O)OCC(=O)Nc2ccccc2C(=O)c2ccccc2)cc1. The van der Waals surface area contributed by atoms with Crippen molar-refractivity contribution < 1.29 is 27.5 Å². The van der Waals surface area contributed by atoms with Crippen molar-refractivity contribution in [3.63, 3.8) is 0 Å². The molecule has 0 saturated carbocycles. The highest BCUT2D eigenvalue weighted by Gasteiger charge is 2.17. The second-order valence-corrected chi connectivity index (χ2v) is 9.18. The van der Waals surface area contributed by atoms with Gasteiger partial charge in [0.1, 0.15) is 0 Å². The topological polar surface area (TPSA) is 119 Å². The Balaban J connectivity index is 1.49. The number of sulfonamides is 1. The number of para-hydroxylation sites is 1. The molecule has 0 unspecified atom stereocenters. The number of carbonyl (C=O) groups excluding carboxylic acids is 3. The highest BCUT2D eigenvalue weighted by molar-refractivity contribution is 7.89. The maximum atomic E-state index is 12.7. The minimum Gasteiger partial charge on any atom is -0.456 e. The molecule has 0 aliphatic heterocycles. The van der Waals surface area contributed by atoms with Crippen molar-refractivity contribution in [3.8, 4) is 0 Å². The van der Waals surface area contributed by atoms with Crippen LogP contribution in [0.4, 0.5) is 5.69 Å². The van der Waals surface area contributed by atoms with E-state index in [0.717, 1.165) is 5.56 Å². The van der Waals surface area contributed by atoms with Gasteiger partial charge in [0.2, 0.25) is 10.0 Å². The van der Waals surface area contributed by atoms with Gasteiger partial charge < -0.3 is 10.1 Å². The lowest BCUT2D eigenvalue weighted by atomic mass is 10.0. The van der Waals surface area contributed by atoms with Gasteiger partial charge in [-0.3, -0.25) is 14.4 Å². The standard InChI is InChI=1S/C25H24N2O6S/c1-18-11-13-20(14-12-18)34(31,32)26-16-15-24(29)33-17-23(28)27-22-10-6-5-9-21(22)25(30)19-7-3-2-4-8-19/h2-14,26H,15-17H2,1H3,(H,27,28). The molecule has 34 heavy (non-hydrogen) atoms. The van der Waals surface area contributed by atoms with Crippen molar-refractivity contribution in [2.75, 3.05) is 18.5 Å². The molecule has 0 radical (unpaired) electrons. The summed E-state index contributed by atoms with van der Waals surface area (Å²) in [6, 6.07) is 21.5. The third-order valence-electron chi connectivity index (χ3n) is 4.80. The van der Waals surface area contributed by atoms with Crippen molar-refractivity contribution in [2.45, 2.75) is 18.2 Å². The van der Waals surface area contributed by atoms with Crippen LogP contribution < -0.4 is 10.0 Å². The van der Waals surface area contributed by atoms with Gasteiger partial charge in [-0.15, -0.1) is 0 Å². The summed E-state index contributed by atoms with van der Waals surface area (Å²) in [6.07, 6.45) is -0.249. The molecule has 176 valence electrons. The molecule has 0 bridgehead atoms. The average Bonchev–Trinajstić information content (AvgIpc) is 2.83. The van der Waals surface area contributed by atoms with Gasteiger partial charge >= 0.3 is 5.97 Å². The van der Waals surface area contributed by atoms with Crippen LogP contribution in [0.15, 0.2) is 83.8 Å². The lowest BCUT2D eigenvalue weighted by molar-refractivity contribution is -0.147. The fourth-order valence-corrected chi connectivity index (χ4v) is 4.06. The van der Waals surface area contributed by atoms with Gasteiger partial charge in [-0.05, 0) is 31.2 Å². The molecule has 0 heterocycles. The number of ketones is 1. The smallest absolute Gasteiger partial charge is 0.307 e. The Morgan fingerprint density at radius 3 is 2.21 bits per heavy atom. The minimum atomic E-state index is -3.75. The van der Waals surface area contributed by atoms with E-state index in [2.05, 4.69) is 10.0 Å². The monoisotopic (exact) mass is 480 g/mol. The van der Waals surface area contributed by atoms with Gasteiger partial charge in [-0.1, -0.05) is 60.2 Å². The summed E-state index contributed by atoms with van der Waals surface area (Å²) >= 11 is 0. The highest BCUT2D eigenvalue weighted by Crippen LogP contribution is 2.19. The third-order valence-corrected chi connectivity index (χ3v) is 6.28. The van der Waals surface area contributed by atoms with E-state index in [-0.39, 0.29) is 23.6 Å². The predicted octanol–water partition coefficient (Wildman–Crippen LogP) is 3.08. The fraction of sp³-hybridized carbons (Fsp3) is 0.160. The normalized spacial score (nSPS) is 11.0. The maximum Gasteiger partial charge on any atom is 0.307 e. The van der Waals surface area contributed by atoms with Crippen molar-refractivity contribution in [3.05, 3.63) is 95.6 Å². The zero-order valence-corrected chi connectivity index (χ0v) is 19.3. The number of rotatable bonds is 10. The lowest BCUT2D eigenvalue weighted by Crippen LogP contribution is -2.28. The van der Waals surface area contributed by atoms with Crippen molar-refractivity contribution in [1.29, 1.82) is 0 Å². The summed E-state index contributed by atoms with van der Waals surface area (Å²) in [5.74, 6) is -1.62. The first-order chi connectivity index (χ1) is 16.3. The molecule has 9 heteroatoms. The number of hydrogen-bond acceptors (Lipinski definition) is 6. The molecule has 0 atom stereocenters. The van der Waals surface area contributed by atoms with E-state index in [0.29, 0.717) is 16.8 Å². The van der Waals surface area contributed by atoms with E-state index in [1.165, 1.54) is 12.1 Å². The summed E-state index contributed by atoms with van der Waals surface area (Å²) in [6.45, 7) is 1.10. The largest absolute Gasteiger partial charge is 0.456 e. The second kappa shape index (κ2) is 11.4. The Hall–Kier alpha value is -3.82. The Morgan fingerprint density at radius 1 is 0.853 bits per heavy atom. The van der Waals surface area contributed by atoms with Crippen LogP contribution >= 0.6 is 0 Å². The zero-order chi connectivity index (χ0) is 24.6. The molecule has 0 aliphatic rings. The van der Waals surface area contributed by atoms with Crippen molar-refractivity contribution in [2.24, 2.45) is 0 Å². The maximum absolute atomic E-state index is 12.7. The van der Waals surface area contributed by atoms with Gasteiger partial charge in [0.25, 0.3) is 5.91 Å². The van der Waals surface area contributed by atoms with Crippen LogP contribution in [-0.2, 0) is 24.3 Å². The molecule has 3 aromatic carbocycles. The van der Waals surface area contributed by atoms with E-state index in [1.807, 2.05) is 6.92 Å². The molecule has 0 saturated heterocycles. The van der Waals surface area contributed by atoms with E-state index < -0.39 is 28.5 Å². The van der Waals surface area contributed by atoms with E-state index in [9.17, 15) is 22.8 Å². The molecule has 3 aromatic rings. The van der Waals surface area contributed by atoms with Gasteiger partial charge in [0.15, 0.2) is 12.4 Å². The molecule has 1 amide bonds. The van der Waals surface area contributed by atoms with Gasteiger partial charge in [0.05, 0.1) is 17.0 Å². The number of ether oxygens (including phenoxy) is 1. The van der Waals surface area contributed by atoms with Crippen LogP contribution in [0, 0.1) is 6.92 Å². The number of nitrogens with one attached hydrogen (secondary N) is 2. The molecule has 0 aromatic heterocycles. The summed E-state index contributed by atoms with van der Waals surface area (Å²) in [7, 11) is -3.75. The van der Waals surface area contributed by atoms with E-state index in [4.69, 9.17) is 4.74 Å². The van der Waals surface area contributed by atoms with Crippen LogP contribution in [0.25, 0.3) is 0 Å². The predicted molar refractivity (Wildman–Crippen MR) is 127 cm³/mol. The minimum absolute atomic E-state index is 0.0922.